The van der Waals surface area contributed by atoms with Crippen molar-refractivity contribution < 1.29 is 4.79 Å². The van der Waals surface area contributed by atoms with Crippen molar-refractivity contribution in [3.63, 3.8) is 0 Å². The Bertz CT molecular complexity index is 669. The molecule has 20 heavy (non-hydrogen) atoms. The first-order chi connectivity index (χ1) is 9.65. The van der Waals surface area contributed by atoms with Crippen molar-refractivity contribution in [3.05, 3.63) is 53.1 Å². The van der Waals surface area contributed by atoms with Crippen LogP contribution in [0.1, 0.15) is 12.0 Å². The zero-order valence-electron chi connectivity index (χ0n) is 11.2. The molecule has 1 aliphatic heterocycles. The smallest absolute Gasteiger partial charge is 0.226 e. The van der Waals surface area contributed by atoms with Gasteiger partial charge in [-0.15, -0.1) is 0 Å². The fourth-order valence-electron chi connectivity index (χ4n) is 2.51. The highest BCUT2D eigenvalue weighted by molar-refractivity contribution is 6.31. The van der Waals surface area contributed by atoms with Crippen molar-refractivity contribution in [1.29, 1.82) is 0 Å². The number of halogens is 1. The summed E-state index contributed by atoms with van der Waals surface area (Å²) in [7, 11) is 0. The third-order valence-electron chi connectivity index (χ3n) is 3.49. The van der Waals surface area contributed by atoms with Gasteiger partial charge in [-0.05, 0) is 36.8 Å². The summed E-state index contributed by atoms with van der Waals surface area (Å²) in [6.07, 6.45) is 0.459. The van der Waals surface area contributed by atoms with Gasteiger partial charge in [0.25, 0.3) is 0 Å². The largest absolute Gasteiger partial charge is 0.339 e. The second kappa shape index (κ2) is 5.17. The molecule has 0 saturated heterocycles. The molecule has 2 aromatic carbocycles. The van der Waals surface area contributed by atoms with E-state index in [-0.39, 0.29) is 5.91 Å². The highest BCUT2D eigenvalue weighted by atomic mass is 35.5. The van der Waals surface area contributed by atoms with E-state index in [9.17, 15) is 4.79 Å². The summed E-state index contributed by atoms with van der Waals surface area (Å²) >= 11 is 6.03. The van der Waals surface area contributed by atoms with Gasteiger partial charge in [0.1, 0.15) is 0 Å². The summed E-state index contributed by atoms with van der Waals surface area (Å²) in [5.41, 5.74) is 4.05. The fourth-order valence-corrected chi connectivity index (χ4v) is 2.68. The number of aryl methyl sites for hydroxylation is 1. The van der Waals surface area contributed by atoms with Crippen LogP contribution in [-0.2, 0) is 4.79 Å². The van der Waals surface area contributed by atoms with Crippen LogP contribution in [0.15, 0.2) is 42.5 Å². The third kappa shape index (κ3) is 2.37. The molecule has 2 aromatic rings. The van der Waals surface area contributed by atoms with Crippen molar-refractivity contribution in [2.24, 2.45) is 0 Å². The minimum absolute atomic E-state index is 0.0181. The zero-order chi connectivity index (χ0) is 14.1. The predicted molar refractivity (Wildman–Crippen MR) is 82.9 cm³/mol. The number of anilines is 3. The minimum Gasteiger partial charge on any atom is -0.339 e. The van der Waals surface area contributed by atoms with Gasteiger partial charge in [-0.1, -0.05) is 29.8 Å². The van der Waals surface area contributed by atoms with E-state index in [0.717, 1.165) is 17.1 Å². The minimum atomic E-state index is 0.0181. The van der Waals surface area contributed by atoms with E-state index in [4.69, 9.17) is 11.6 Å². The Morgan fingerprint density at radius 2 is 1.95 bits per heavy atom. The molecule has 0 aliphatic carbocycles. The molecular formula is C16H15ClN2O. The first-order valence-electron chi connectivity index (χ1n) is 6.58. The zero-order valence-corrected chi connectivity index (χ0v) is 11.9. The summed E-state index contributed by atoms with van der Waals surface area (Å²) in [4.78, 5) is 14.0. The summed E-state index contributed by atoms with van der Waals surface area (Å²) in [5, 5.41) is 3.54. The van der Waals surface area contributed by atoms with E-state index in [1.807, 2.05) is 24.3 Å². The van der Waals surface area contributed by atoms with Gasteiger partial charge in [-0.25, -0.2) is 0 Å². The summed E-state index contributed by atoms with van der Waals surface area (Å²) in [6, 6.07) is 13.8. The van der Waals surface area contributed by atoms with Crippen molar-refractivity contribution in [2.45, 2.75) is 13.3 Å². The Balaban J connectivity index is 2.13. The number of hydrogen-bond donors (Lipinski definition) is 1. The van der Waals surface area contributed by atoms with Crippen LogP contribution in [0.5, 0.6) is 0 Å². The normalized spacial score (nSPS) is 14.5. The molecule has 3 rings (SSSR count). The topological polar surface area (TPSA) is 32.3 Å². The maximum atomic E-state index is 11.8. The predicted octanol–water partition coefficient (Wildman–Crippen LogP) is 4.13. The van der Waals surface area contributed by atoms with Gasteiger partial charge < -0.3 is 10.2 Å². The monoisotopic (exact) mass is 286 g/mol. The first kappa shape index (κ1) is 13.0. The molecule has 1 heterocycles. The van der Waals surface area contributed by atoms with Gasteiger partial charge in [-0.3, -0.25) is 4.79 Å². The number of amides is 1. The molecule has 1 N–H and O–H groups in total. The number of rotatable bonds is 1. The summed E-state index contributed by atoms with van der Waals surface area (Å²) < 4.78 is 0. The molecule has 0 fully saturated rings. The maximum absolute atomic E-state index is 11.8. The van der Waals surface area contributed by atoms with Crippen molar-refractivity contribution in [1.82, 2.24) is 0 Å². The first-order valence-corrected chi connectivity index (χ1v) is 6.95. The van der Waals surface area contributed by atoms with Crippen LogP contribution in [0.4, 0.5) is 17.1 Å². The lowest BCUT2D eigenvalue weighted by molar-refractivity contribution is -0.115. The Morgan fingerprint density at radius 3 is 2.75 bits per heavy atom. The Hall–Kier alpha value is -2.00. The lowest BCUT2D eigenvalue weighted by Gasteiger charge is -2.26. The number of nitrogens with zero attached hydrogens (tertiary/aromatic N) is 1. The van der Waals surface area contributed by atoms with Crippen molar-refractivity contribution >= 4 is 34.6 Å². The molecule has 0 radical (unpaired) electrons. The van der Waals surface area contributed by atoms with Gasteiger partial charge in [0.2, 0.25) is 5.91 Å². The van der Waals surface area contributed by atoms with Crippen LogP contribution in [0.25, 0.3) is 0 Å². The van der Waals surface area contributed by atoms with E-state index in [2.05, 4.69) is 29.3 Å². The number of carbonyl (C=O) groups is 1. The molecule has 0 unspecified atom stereocenters. The van der Waals surface area contributed by atoms with E-state index in [1.54, 1.807) is 6.07 Å². The lowest BCUT2D eigenvalue weighted by Crippen LogP contribution is -2.19. The second-order valence-corrected chi connectivity index (χ2v) is 5.33. The molecule has 4 heteroatoms. The van der Waals surface area contributed by atoms with Gasteiger partial charge in [-0.2, -0.15) is 0 Å². The van der Waals surface area contributed by atoms with Crippen LogP contribution in [0.2, 0.25) is 5.02 Å². The van der Waals surface area contributed by atoms with Gasteiger partial charge in [0.05, 0.1) is 11.4 Å². The van der Waals surface area contributed by atoms with Crippen LogP contribution in [-0.4, -0.2) is 12.5 Å². The molecule has 3 nitrogen and oxygen atoms in total. The molecule has 1 amide bonds. The maximum Gasteiger partial charge on any atom is 0.226 e. The Morgan fingerprint density at radius 1 is 1.15 bits per heavy atom. The molecule has 0 saturated carbocycles. The van der Waals surface area contributed by atoms with Gasteiger partial charge >= 0.3 is 0 Å². The van der Waals surface area contributed by atoms with Crippen LogP contribution < -0.4 is 10.2 Å². The highest BCUT2D eigenvalue weighted by Crippen LogP contribution is 2.37. The standard InChI is InChI=1S/C16H15ClN2O/c1-11-4-2-3-5-14(11)19-9-8-16(20)18-13-10-12(17)6-7-15(13)19/h2-7,10H,8-9H2,1H3,(H,18,20). The van der Waals surface area contributed by atoms with Crippen LogP contribution in [0.3, 0.4) is 0 Å². The van der Waals surface area contributed by atoms with E-state index >= 15 is 0 Å². The van der Waals surface area contributed by atoms with Crippen LogP contribution in [0, 0.1) is 6.92 Å². The number of fused-ring (bicyclic) bond motifs is 1. The third-order valence-corrected chi connectivity index (χ3v) is 3.73. The molecule has 1 aliphatic rings. The Kier molecular flexibility index (Phi) is 3.36. The number of para-hydroxylation sites is 1. The molecule has 0 aromatic heterocycles. The SMILES string of the molecule is Cc1ccccc1N1CCC(=O)Nc2cc(Cl)ccc21. The molecular weight excluding hydrogens is 272 g/mol. The number of hydrogen-bond acceptors (Lipinski definition) is 2. The van der Waals surface area contributed by atoms with Gasteiger partial charge in [0, 0.05) is 23.7 Å². The van der Waals surface area contributed by atoms with E-state index in [1.165, 1.54) is 5.56 Å². The number of carbonyl (C=O) groups excluding carboxylic acids is 1. The molecule has 102 valence electrons. The fraction of sp³-hybridized carbons (Fsp3) is 0.188. The van der Waals surface area contributed by atoms with Crippen molar-refractivity contribution in [3.8, 4) is 0 Å². The average Bonchev–Trinajstić information content (AvgIpc) is 2.57. The molecule has 0 spiro atoms. The number of benzene rings is 2. The Labute approximate surface area is 123 Å². The van der Waals surface area contributed by atoms with E-state index in [0.29, 0.717) is 18.0 Å². The lowest BCUT2D eigenvalue weighted by atomic mass is 10.1. The molecule has 0 atom stereocenters. The quantitative estimate of drug-likeness (QED) is 0.855. The van der Waals surface area contributed by atoms with Gasteiger partial charge in [0.15, 0.2) is 0 Å². The van der Waals surface area contributed by atoms with Crippen LogP contribution >= 0.6 is 11.6 Å². The number of nitrogens with one attached hydrogen (secondary N) is 1. The second-order valence-electron chi connectivity index (χ2n) is 4.90. The summed E-state index contributed by atoms with van der Waals surface area (Å²) in [6.45, 7) is 2.73. The molecule has 0 bridgehead atoms. The van der Waals surface area contributed by atoms with E-state index < -0.39 is 0 Å². The van der Waals surface area contributed by atoms with Crippen molar-refractivity contribution in [2.75, 3.05) is 16.8 Å². The average molecular weight is 287 g/mol. The highest BCUT2D eigenvalue weighted by Gasteiger charge is 2.21. The summed E-state index contributed by atoms with van der Waals surface area (Å²) in [5.74, 6) is 0.0181.